The van der Waals surface area contributed by atoms with Crippen molar-refractivity contribution >= 4 is 18.1 Å². The van der Waals surface area contributed by atoms with Crippen LogP contribution in [0.2, 0.25) is 0 Å². The summed E-state index contributed by atoms with van der Waals surface area (Å²) < 4.78 is 0. The number of nitrogens with one attached hydrogen (secondary N) is 1. The van der Waals surface area contributed by atoms with Crippen LogP contribution < -0.4 is 5.32 Å². The van der Waals surface area contributed by atoms with Gasteiger partial charge in [-0.25, -0.2) is 0 Å². The van der Waals surface area contributed by atoms with Crippen molar-refractivity contribution in [3.05, 3.63) is 0 Å². The molecule has 3 N–H and O–H groups in total. The summed E-state index contributed by atoms with van der Waals surface area (Å²) in [6.07, 6.45) is 6.12. The molecule has 0 aliphatic rings. The van der Waals surface area contributed by atoms with E-state index in [1.165, 1.54) is 4.90 Å². The minimum atomic E-state index is -0.734. The molecule has 8 heteroatoms. The van der Waals surface area contributed by atoms with Crippen LogP contribution in [-0.2, 0) is 14.4 Å². The van der Waals surface area contributed by atoms with E-state index in [0.29, 0.717) is 25.7 Å². The first-order valence-electron chi connectivity index (χ1n) is 13.3. The standard InChI is InChI=1S/C27H52N3O5/c1-10-18(2)24(28-7)26(34)30(9)25(20(4)14-12-16-22(6)33)27(35)29(8)23(17-31)19(3)13-11-15-21(5)32/h18-25,28,32-33H,10-16H2,1-9H3/t18-,19-,20-,21?,22?,23+,24-,25-/m0/s1. The summed E-state index contributed by atoms with van der Waals surface area (Å²) in [5.41, 5.74) is 0. The monoisotopic (exact) mass is 498 g/mol. The van der Waals surface area contributed by atoms with Gasteiger partial charge < -0.3 is 25.3 Å². The van der Waals surface area contributed by atoms with Crippen LogP contribution in [0, 0.1) is 17.8 Å². The average molecular weight is 499 g/mol. The molecule has 0 rings (SSSR count). The molecule has 0 fully saturated rings. The molecule has 0 aliphatic heterocycles. The van der Waals surface area contributed by atoms with Gasteiger partial charge in [0.25, 0.3) is 0 Å². The molecule has 0 heterocycles. The number of aliphatic hydroxyl groups excluding tert-OH is 2. The summed E-state index contributed by atoms with van der Waals surface area (Å²) in [4.78, 5) is 42.2. The number of rotatable bonds is 18. The smallest absolute Gasteiger partial charge is 0.246 e. The molecule has 8 nitrogen and oxygen atoms in total. The van der Waals surface area contributed by atoms with Crippen LogP contribution in [0.5, 0.6) is 0 Å². The van der Waals surface area contributed by atoms with Crippen LogP contribution in [0.1, 0.15) is 86.5 Å². The van der Waals surface area contributed by atoms with Crippen LogP contribution in [0.3, 0.4) is 0 Å². The summed E-state index contributed by atoms with van der Waals surface area (Å²) in [5.74, 6) is -0.616. The molecule has 0 saturated heterocycles. The quantitative estimate of drug-likeness (QED) is 0.268. The fourth-order valence-corrected chi connectivity index (χ4v) is 4.74. The van der Waals surface area contributed by atoms with E-state index in [1.54, 1.807) is 39.9 Å². The Morgan fingerprint density at radius 1 is 0.800 bits per heavy atom. The van der Waals surface area contributed by atoms with Crippen molar-refractivity contribution < 1.29 is 24.6 Å². The third-order valence-electron chi connectivity index (χ3n) is 7.33. The van der Waals surface area contributed by atoms with Gasteiger partial charge in [-0.3, -0.25) is 14.4 Å². The summed E-state index contributed by atoms with van der Waals surface area (Å²) in [7, 11) is 5.04. The van der Waals surface area contributed by atoms with Crippen LogP contribution in [0.25, 0.3) is 0 Å². The second kappa shape index (κ2) is 17.0. The molecule has 0 aliphatic carbocycles. The normalized spacial score (nSPS) is 18.5. The SMILES string of the molecule is CC[C@H](C)[C@H](NC)C(=O)N(C)[C@H](C(=O)N(C)[C@H]([C]=O)[C@@H](C)CCCC(C)O)[C@@H](C)CCCC(C)O. The van der Waals surface area contributed by atoms with Crippen LogP contribution in [-0.4, -0.2) is 89.6 Å². The molecule has 0 saturated carbocycles. The molecule has 0 aromatic carbocycles. The van der Waals surface area contributed by atoms with Gasteiger partial charge in [-0.1, -0.05) is 47.0 Å². The second-order valence-corrected chi connectivity index (χ2v) is 10.6. The van der Waals surface area contributed by atoms with E-state index in [1.807, 2.05) is 34.0 Å². The fourth-order valence-electron chi connectivity index (χ4n) is 4.74. The van der Waals surface area contributed by atoms with Gasteiger partial charge in [0.1, 0.15) is 12.1 Å². The Labute approximate surface area is 213 Å². The lowest BCUT2D eigenvalue weighted by Crippen LogP contribution is -2.58. The first-order chi connectivity index (χ1) is 16.3. The van der Waals surface area contributed by atoms with Crippen molar-refractivity contribution in [2.75, 3.05) is 21.1 Å². The lowest BCUT2D eigenvalue weighted by atomic mass is 9.89. The average Bonchev–Trinajstić information content (AvgIpc) is 2.78. The van der Waals surface area contributed by atoms with Gasteiger partial charge in [0.15, 0.2) is 0 Å². The lowest BCUT2D eigenvalue weighted by Gasteiger charge is -2.39. The van der Waals surface area contributed by atoms with Crippen molar-refractivity contribution in [2.24, 2.45) is 17.8 Å². The first-order valence-corrected chi connectivity index (χ1v) is 13.3. The Balaban J connectivity index is 5.86. The van der Waals surface area contributed by atoms with Gasteiger partial charge in [0.2, 0.25) is 18.1 Å². The van der Waals surface area contributed by atoms with Gasteiger partial charge in [-0.05, 0) is 64.3 Å². The largest absolute Gasteiger partial charge is 0.393 e. The third kappa shape index (κ3) is 11.0. The zero-order valence-corrected chi connectivity index (χ0v) is 23.6. The molecular weight excluding hydrogens is 446 g/mol. The van der Waals surface area contributed by atoms with E-state index >= 15 is 0 Å². The minimum Gasteiger partial charge on any atom is -0.393 e. The predicted molar refractivity (Wildman–Crippen MR) is 141 cm³/mol. The molecule has 1 radical (unpaired) electrons. The number of nitrogens with zero attached hydrogens (tertiary/aromatic N) is 2. The molecule has 205 valence electrons. The highest BCUT2D eigenvalue weighted by atomic mass is 16.3. The van der Waals surface area contributed by atoms with E-state index in [4.69, 9.17) is 0 Å². The van der Waals surface area contributed by atoms with Gasteiger partial charge in [0, 0.05) is 14.1 Å². The van der Waals surface area contributed by atoms with Gasteiger partial charge in [-0.2, -0.15) is 0 Å². The first kappa shape index (κ1) is 33.5. The van der Waals surface area contributed by atoms with Gasteiger partial charge in [0.05, 0.1) is 18.2 Å². The maximum absolute atomic E-state index is 13.8. The van der Waals surface area contributed by atoms with E-state index in [9.17, 15) is 24.6 Å². The Kier molecular flexibility index (Phi) is 16.3. The maximum atomic E-state index is 13.8. The van der Waals surface area contributed by atoms with Crippen molar-refractivity contribution in [1.29, 1.82) is 0 Å². The molecule has 8 atom stereocenters. The predicted octanol–water partition coefficient (Wildman–Crippen LogP) is 2.76. The Hall–Kier alpha value is -1.51. The van der Waals surface area contributed by atoms with E-state index in [-0.39, 0.29) is 29.6 Å². The zero-order valence-electron chi connectivity index (χ0n) is 23.6. The molecule has 0 aromatic rings. The fraction of sp³-hybridized carbons (Fsp3) is 0.889. The Bertz CT molecular complexity index is 628. The number of amides is 2. The van der Waals surface area contributed by atoms with E-state index in [2.05, 4.69) is 5.32 Å². The highest BCUT2D eigenvalue weighted by Gasteiger charge is 2.39. The van der Waals surface area contributed by atoms with Crippen LogP contribution in [0.15, 0.2) is 0 Å². The maximum Gasteiger partial charge on any atom is 0.246 e. The van der Waals surface area contributed by atoms with E-state index in [0.717, 1.165) is 19.3 Å². The summed E-state index contributed by atoms with van der Waals surface area (Å²) in [6.45, 7) is 11.4. The highest BCUT2D eigenvalue weighted by Crippen LogP contribution is 2.24. The Morgan fingerprint density at radius 3 is 1.69 bits per heavy atom. The van der Waals surface area contributed by atoms with Crippen molar-refractivity contribution in [3.8, 4) is 0 Å². The molecule has 0 spiro atoms. The van der Waals surface area contributed by atoms with Crippen molar-refractivity contribution in [1.82, 2.24) is 15.1 Å². The van der Waals surface area contributed by atoms with Gasteiger partial charge in [-0.15, -0.1) is 0 Å². The van der Waals surface area contributed by atoms with Crippen molar-refractivity contribution in [3.63, 3.8) is 0 Å². The third-order valence-corrected chi connectivity index (χ3v) is 7.33. The number of likely N-dealkylation sites (N-methyl/N-ethyl adjacent to an activating group) is 3. The molecule has 35 heavy (non-hydrogen) atoms. The molecular formula is C27H52N3O5. The molecule has 2 unspecified atom stereocenters. The van der Waals surface area contributed by atoms with E-state index < -0.39 is 30.3 Å². The number of carbonyl (C=O) groups excluding carboxylic acids is 3. The van der Waals surface area contributed by atoms with Crippen LogP contribution in [0.4, 0.5) is 0 Å². The summed E-state index contributed by atoms with van der Waals surface area (Å²) in [6, 6.07) is -1.88. The Morgan fingerprint density at radius 2 is 1.29 bits per heavy atom. The number of hydrogen-bond donors (Lipinski definition) is 3. The number of carbonyl (C=O) groups is 2. The number of aliphatic hydroxyl groups is 2. The minimum absolute atomic E-state index is 0.0963. The highest BCUT2D eigenvalue weighted by molar-refractivity contribution is 5.91. The summed E-state index contributed by atoms with van der Waals surface area (Å²) >= 11 is 0. The topological polar surface area (TPSA) is 110 Å². The van der Waals surface area contributed by atoms with Crippen molar-refractivity contribution in [2.45, 2.75) is 117 Å². The molecule has 0 bridgehead atoms. The molecule has 2 amide bonds. The summed E-state index contributed by atoms with van der Waals surface area (Å²) in [5, 5.41) is 22.3. The lowest BCUT2D eigenvalue weighted by molar-refractivity contribution is -0.148. The number of hydrogen-bond acceptors (Lipinski definition) is 6. The molecule has 0 aromatic heterocycles. The second-order valence-electron chi connectivity index (χ2n) is 10.6. The van der Waals surface area contributed by atoms with Gasteiger partial charge >= 0.3 is 0 Å². The van der Waals surface area contributed by atoms with Crippen LogP contribution >= 0.6 is 0 Å². The zero-order chi connectivity index (χ0) is 27.3.